The molecule has 4 N–H and O–H groups in total. The lowest BCUT2D eigenvalue weighted by atomic mass is 10.2. The predicted octanol–water partition coefficient (Wildman–Crippen LogP) is 1.37. The lowest BCUT2D eigenvalue weighted by Gasteiger charge is -2.09. The number of pyridine rings is 2. The third-order valence-electron chi connectivity index (χ3n) is 2.67. The van der Waals surface area contributed by atoms with Crippen molar-refractivity contribution in [2.45, 2.75) is 19.5 Å². The first-order valence-electron chi connectivity index (χ1n) is 6.30. The maximum atomic E-state index is 11.4. The van der Waals surface area contributed by atoms with E-state index in [1.54, 1.807) is 31.6 Å². The zero-order valence-electron chi connectivity index (χ0n) is 11.2. The summed E-state index contributed by atoms with van der Waals surface area (Å²) in [4.78, 5) is 19.5. The molecule has 0 saturated carbocycles. The van der Waals surface area contributed by atoms with Crippen LogP contribution in [0, 0.1) is 0 Å². The zero-order chi connectivity index (χ0) is 14.4. The van der Waals surface area contributed by atoms with Gasteiger partial charge in [-0.15, -0.1) is 0 Å². The number of hydrogen-bond acceptors (Lipinski definition) is 5. The van der Waals surface area contributed by atoms with Crippen molar-refractivity contribution in [1.29, 1.82) is 0 Å². The highest BCUT2D eigenvalue weighted by Gasteiger charge is 2.07. The summed E-state index contributed by atoms with van der Waals surface area (Å²) in [5.41, 5.74) is 7.48. The lowest BCUT2D eigenvalue weighted by Crippen LogP contribution is -2.32. The van der Waals surface area contributed by atoms with Crippen LogP contribution in [0.2, 0.25) is 0 Å². The van der Waals surface area contributed by atoms with E-state index in [4.69, 9.17) is 5.73 Å². The molecule has 2 aromatic heterocycles. The van der Waals surface area contributed by atoms with Gasteiger partial charge in [0.15, 0.2) is 0 Å². The number of rotatable bonds is 5. The van der Waals surface area contributed by atoms with E-state index in [-0.39, 0.29) is 5.91 Å². The van der Waals surface area contributed by atoms with E-state index < -0.39 is 6.04 Å². The molecule has 104 valence electrons. The Bertz CT molecular complexity index is 554. The van der Waals surface area contributed by atoms with Crippen LogP contribution in [0.15, 0.2) is 42.9 Å². The van der Waals surface area contributed by atoms with Crippen LogP contribution in [-0.2, 0) is 11.3 Å². The molecular formula is C14H17N5O. The van der Waals surface area contributed by atoms with Gasteiger partial charge in [0.05, 0.1) is 17.9 Å². The number of carbonyl (C=O) groups excluding carboxylic acids is 1. The van der Waals surface area contributed by atoms with E-state index in [0.29, 0.717) is 12.4 Å². The summed E-state index contributed by atoms with van der Waals surface area (Å²) < 4.78 is 0. The van der Waals surface area contributed by atoms with Gasteiger partial charge >= 0.3 is 0 Å². The molecule has 0 fully saturated rings. The Morgan fingerprint density at radius 1 is 1.30 bits per heavy atom. The number of aromatic nitrogens is 2. The number of anilines is 2. The van der Waals surface area contributed by atoms with E-state index in [1.807, 2.05) is 18.2 Å². The maximum absolute atomic E-state index is 11.4. The summed E-state index contributed by atoms with van der Waals surface area (Å²) in [7, 11) is 0. The van der Waals surface area contributed by atoms with Crippen LogP contribution in [-0.4, -0.2) is 21.9 Å². The molecule has 2 rings (SSSR count). The Hall–Kier alpha value is -2.47. The number of hydrogen-bond donors (Lipinski definition) is 3. The first-order chi connectivity index (χ1) is 9.65. The first kappa shape index (κ1) is 14.0. The van der Waals surface area contributed by atoms with Gasteiger partial charge in [0, 0.05) is 18.9 Å². The molecule has 6 heteroatoms. The standard InChI is InChI=1S/C14H17N5O/c1-10(15)14(20)19-13-3-2-12(9-18-13)17-8-11-4-6-16-7-5-11/h2-7,9-10,17H,8,15H2,1H3,(H,18,19,20). The van der Waals surface area contributed by atoms with Gasteiger partial charge in [-0.25, -0.2) is 4.98 Å². The van der Waals surface area contributed by atoms with Gasteiger partial charge in [0.1, 0.15) is 5.82 Å². The molecule has 0 aliphatic carbocycles. The quantitative estimate of drug-likeness (QED) is 0.764. The molecule has 6 nitrogen and oxygen atoms in total. The van der Waals surface area contributed by atoms with Crippen LogP contribution in [0.3, 0.4) is 0 Å². The molecule has 2 aromatic rings. The molecule has 1 atom stereocenters. The minimum absolute atomic E-state index is 0.255. The van der Waals surface area contributed by atoms with E-state index in [9.17, 15) is 4.79 Å². The topological polar surface area (TPSA) is 92.9 Å². The SMILES string of the molecule is CC(N)C(=O)Nc1ccc(NCc2ccncc2)cn1. The minimum atomic E-state index is -0.554. The van der Waals surface area contributed by atoms with Gasteiger partial charge in [-0.05, 0) is 36.8 Å². The molecule has 1 unspecified atom stereocenters. The molecule has 0 saturated heterocycles. The Labute approximate surface area is 117 Å². The van der Waals surface area contributed by atoms with Crippen molar-refractivity contribution in [3.8, 4) is 0 Å². The fraction of sp³-hybridized carbons (Fsp3) is 0.214. The average molecular weight is 271 g/mol. The largest absolute Gasteiger partial charge is 0.380 e. The van der Waals surface area contributed by atoms with Crippen LogP contribution in [0.25, 0.3) is 0 Å². The number of nitrogens with two attached hydrogens (primary N) is 1. The monoisotopic (exact) mass is 271 g/mol. The van der Waals surface area contributed by atoms with Crippen molar-refractivity contribution < 1.29 is 4.79 Å². The van der Waals surface area contributed by atoms with Gasteiger partial charge in [0.2, 0.25) is 5.91 Å². The zero-order valence-corrected chi connectivity index (χ0v) is 11.2. The van der Waals surface area contributed by atoms with Gasteiger partial charge < -0.3 is 16.4 Å². The molecule has 0 aliphatic rings. The van der Waals surface area contributed by atoms with Crippen molar-refractivity contribution in [3.05, 3.63) is 48.4 Å². The third-order valence-corrected chi connectivity index (χ3v) is 2.67. The van der Waals surface area contributed by atoms with Crippen molar-refractivity contribution >= 4 is 17.4 Å². The normalized spacial score (nSPS) is 11.7. The Kier molecular flexibility index (Phi) is 4.62. The van der Waals surface area contributed by atoms with Crippen LogP contribution < -0.4 is 16.4 Å². The highest BCUT2D eigenvalue weighted by atomic mass is 16.2. The van der Waals surface area contributed by atoms with Crippen LogP contribution in [0.4, 0.5) is 11.5 Å². The van der Waals surface area contributed by atoms with Crippen LogP contribution in [0.5, 0.6) is 0 Å². The maximum Gasteiger partial charge on any atom is 0.242 e. The fourth-order valence-electron chi connectivity index (χ4n) is 1.52. The molecular weight excluding hydrogens is 254 g/mol. The highest BCUT2D eigenvalue weighted by molar-refractivity contribution is 5.93. The predicted molar refractivity (Wildman–Crippen MR) is 78.1 cm³/mol. The molecule has 0 aliphatic heterocycles. The van der Waals surface area contributed by atoms with Crippen molar-refractivity contribution in [3.63, 3.8) is 0 Å². The van der Waals surface area contributed by atoms with E-state index in [0.717, 1.165) is 11.3 Å². The number of nitrogens with zero attached hydrogens (tertiary/aromatic N) is 2. The Morgan fingerprint density at radius 3 is 2.65 bits per heavy atom. The van der Waals surface area contributed by atoms with Gasteiger partial charge in [0.25, 0.3) is 0 Å². The first-order valence-corrected chi connectivity index (χ1v) is 6.30. The summed E-state index contributed by atoms with van der Waals surface area (Å²) in [6.45, 7) is 2.32. The molecule has 0 spiro atoms. The second kappa shape index (κ2) is 6.63. The van der Waals surface area contributed by atoms with Gasteiger partial charge in [-0.3, -0.25) is 9.78 Å². The van der Waals surface area contributed by atoms with Crippen molar-refractivity contribution in [2.24, 2.45) is 5.73 Å². The van der Waals surface area contributed by atoms with Gasteiger partial charge in [-0.1, -0.05) is 0 Å². The van der Waals surface area contributed by atoms with Crippen LogP contribution in [0.1, 0.15) is 12.5 Å². The molecule has 1 amide bonds. The van der Waals surface area contributed by atoms with Gasteiger partial charge in [-0.2, -0.15) is 0 Å². The summed E-state index contributed by atoms with van der Waals surface area (Å²) in [6, 6.07) is 6.91. The van der Waals surface area contributed by atoms with E-state index in [1.165, 1.54) is 0 Å². The molecule has 2 heterocycles. The average Bonchev–Trinajstić information content (AvgIpc) is 2.47. The minimum Gasteiger partial charge on any atom is -0.380 e. The lowest BCUT2D eigenvalue weighted by molar-refractivity contribution is -0.117. The number of carbonyl (C=O) groups is 1. The molecule has 0 bridgehead atoms. The summed E-state index contributed by atoms with van der Waals surface area (Å²) in [5.74, 6) is 0.233. The number of amides is 1. The third kappa shape index (κ3) is 4.03. The number of nitrogens with one attached hydrogen (secondary N) is 2. The van der Waals surface area contributed by atoms with E-state index in [2.05, 4.69) is 20.6 Å². The van der Waals surface area contributed by atoms with Crippen molar-refractivity contribution in [2.75, 3.05) is 10.6 Å². The summed E-state index contributed by atoms with van der Waals surface area (Å²) in [6.07, 6.45) is 5.17. The second-order valence-corrected chi connectivity index (χ2v) is 4.42. The highest BCUT2D eigenvalue weighted by Crippen LogP contribution is 2.11. The summed E-state index contributed by atoms with van der Waals surface area (Å²) >= 11 is 0. The smallest absolute Gasteiger partial charge is 0.242 e. The fourth-order valence-corrected chi connectivity index (χ4v) is 1.52. The van der Waals surface area contributed by atoms with Crippen molar-refractivity contribution in [1.82, 2.24) is 9.97 Å². The molecule has 20 heavy (non-hydrogen) atoms. The summed E-state index contributed by atoms with van der Waals surface area (Å²) in [5, 5.41) is 5.87. The Balaban J connectivity index is 1.90. The Morgan fingerprint density at radius 2 is 2.05 bits per heavy atom. The van der Waals surface area contributed by atoms with Crippen LogP contribution >= 0.6 is 0 Å². The molecule has 0 radical (unpaired) electrons. The second-order valence-electron chi connectivity index (χ2n) is 4.42. The molecule has 0 aromatic carbocycles. The van der Waals surface area contributed by atoms with E-state index >= 15 is 0 Å².